The maximum absolute atomic E-state index is 5.79. The van der Waals surface area contributed by atoms with Crippen LogP contribution in [0.5, 0.6) is 5.75 Å². The Bertz CT molecular complexity index is 402. The number of nitrogens with two attached hydrogens (primary N) is 1. The average molecular weight is 236 g/mol. The lowest BCUT2D eigenvalue weighted by molar-refractivity contribution is 0.0101. The Morgan fingerprint density at radius 2 is 2.29 bits per heavy atom. The van der Waals surface area contributed by atoms with Gasteiger partial charge in [-0.3, -0.25) is 0 Å². The monoisotopic (exact) mass is 236 g/mol. The quantitative estimate of drug-likeness (QED) is 0.860. The van der Waals surface area contributed by atoms with Crippen LogP contribution in [0.3, 0.4) is 0 Å². The van der Waals surface area contributed by atoms with Crippen molar-refractivity contribution in [2.24, 2.45) is 5.73 Å². The van der Waals surface area contributed by atoms with Gasteiger partial charge in [-0.2, -0.15) is 0 Å². The zero-order chi connectivity index (χ0) is 12.5. The number of ether oxygens (including phenoxy) is 2. The largest absolute Gasteiger partial charge is 0.490 e. The summed E-state index contributed by atoms with van der Waals surface area (Å²) >= 11 is 0. The van der Waals surface area contributed by atoms with Crippen LogP contribution in [0.1, 0.15) is 12.5 Å². The summed E-state index contributed by atoms with van der Waals surface area (Å²) in [6.45, 7) is 4.09. The third-order valence-corrected chi connectivity index (χ3v) is 3.51. The fraction of sp³-hybridized carbons (Fsp3) is 0.538. The molecule has 0 aliphatic carbocycles. The van der Waals surface area contributed by atoms with Crippen molar-refractivity contribution in [1.82, 2.24) is 0 Å². The summed E-state index contributed by atoms with van der Waals surface area (Å²) in [4.78, 5) is 2.19. The highest BCUT2D eigenvalue weighted by atomic mass is 16.5. The predicted molar refractivity (Wildman–Crippen MR) is 68.6 cm³/mol. The van der Waals surface area contributed by atoms with Crippen molar-refractivity contribution in [3.05, 3.63) is 23.8 Å². The van der Waals surface area contributed by atoms with Crippen LogP contribution in [0.25, 0.3) is 0 Å². The third kappa shape index (κ3) is 2.10. The molecule has 0 bridgehead atoms. The van der Waals surface area contributed by atoms with Crippen LogP contribution in [-0.2, 0) is 10.3 Å². The van der Waals surface area contributed by atoms with E-state index in [4.69, 9.17) is 15.2 Å². The first-order valence-electron chi connectivity index (χ1n) is 5.84. The Morgan fingerprint density at radius 3 is 2.94 bits per heavy atom. The molecular weight excluding hydrogens is 216 g/mol. The Morgan fingerprint density at radius 1 is 1.53 bits per heavy atom. The molecule has 94 valence electrons. The third-order valence-electron chi connectivity index (χ3n) is 3.51. The van der Waals surface area contributed by atoms with Crippen LogP contribution in [-0.4, -0.2) is 33.9 Å². The number of nitrogens with zero attached hydrogens (tertiary/aromatic N) is 1. The second kappa shape index (κ2) is 4.55. The maximum atomic E-state index is 5.79. The second-order valence-electron chi connectivity index (χ2n) is 4.59. The van der Waals surface area contributed by atoms with Crippen LogP contribution in [0.4, 0.5) is 5.69 Å². The maximum Gasteiger partial charge on any atom is 0.142 e. The summed E-state index contributed by atoms with van der Waals surface area (Å²) in [6, 6.07) is 6.12. The van der Waals surface area contributed by atoms with Crippen LogP contribution >= 0.6 is 0 Å². The number of anilines is 1. The number of hydrogen-bond acceptors (Lipinski definition) is 4. The van der Waals surface area contributed by atoms with Crippen molar-refractivity contribution < 1.29 is 9.47 Å². The van der Waals surface area contributed by atoms with E-state index >= 15 is 0 Å². The highest BCUT2D eigenvalue weighted by Crippen LogP contribution is 2.35. The summed E-state index contributed by atoms with van der Waals surface area (Å²) in [5, 5.41) is 0. The van der Waals surface area contributed by atoms with Crippen molar-refractivity contribution in [1.29, 1.82) is 0 Å². The van der Waals surface area contributed by atoms with Crippen molar-refractivity contribution in [3.63, 3.8) is 0 Å². The fourth-order valence-corrected chi connectivity index (χ4v) is 2.00. The molecule has 1 atom stereocenters. The first-order chi connectivity index (χ1) is 8.10. The van der Waals surface area contributed by atoms with Crippen molar-refractivity contribution >= 4 is 5.69 Å². The number of hydrogen-bond donors (Lipinski definition) is 1. The van der Waals surface area contributed by atoms with Gasteiger partial charge in [0, 0.05) is 20.7 Å². The van der Waals surface area contributed by atoms with E-state index in [1.807, 2.05) is 19.1 Å². The standard InChI is InChI=1S/C13H20N2O2/c1-13(9-14,16-3)10-4-5-12-11(8-10)15(2)6-7-17-12/h4-5,8H,6-7,9,14H2,1-3H3. The molecule has 2 N–H and O–H groups in total. The summed E-state index contributed by atoms with van der Waals surface area (Å²) in [5.74, 6) is 0.929. The molecule has 1 aliphatic rings. The number of fused-ring (bicyclic) bond motifs is 1. The first-order valence-corrected chi connectivity index (χ1v) is 5.84. The van der Waals surface area contributed by atoms with Crippen LogP contribution < -0.4 is 15.4 Å². The van der Waals surface area contributed by atoms with E-state index in [-0.39, 0.29) is 0 Å². The predicted octanol–water partition coefficient (Wildman–Crippen LogP) is 1.34. The van der Waals surface area contributed by atoms with Gasteiger partial charge in [-0.15, -0.1) is 0 Å². The number of methoxy groups -OCH3 is 1. The molecule has 1 heterocycles. The van der Waals surface area contributed by atoms with E-state index in [0.717, 1.165) is 30.2 Å². The van der Waals surface area contributed by atoms with Gasteiger partial charge < -0.3 is 20.1 Å². The summed E-state index contributed by atoms with van der Waals surface area (Å²) in [5.41, 5.74) is 7.54. The van der Waals surface area contributed by atoms with Gasteiger partial charge in [0.05, 0.1) is 12.2 Å². The summed E-state index contributed by atoms with van der Waals surface area (Å²) < 4.78 is 11.1. The minimum absolute atomic E-state index is 0.437. The number of rotatable bonds is 3. The van der Waals surface area contributed by atoms with E-state index in [1.165, 1.54) is 0 Å². The molecule has 0 spiro atoms. The molecule has 0 saturated heterocycles. The van der Waals surface area contributed by atoms with Crippen molar-refractivity contribution in [3.8, 4) is 5.75 Å². The van der Waals surface area contributed by atoms with Crippen molar-refractivity contribution in [2.45, 2.75) is 12.5 Å². The summed E-state index contributed by atoms with van der Waals surface area (Å²) in [7, 11) is 3.75. The molecule has 1 unspecified atom stereocenters. The van der Waals surface area contributed by atoms with E-state index in [9.17, 15) is 0 Å². The SMILES string of the molecule is COC(C)(CN)c1ccc2c(c1)N(C)CCO2. The minimum Gasteiger partial charge on any atom is -0.490 e. The lowest BCUT2D eigenvalue weighted by Gasteiger charge is -2.32. The Labute approximate surface area is 102 Å². The molecule has 1 aromatic carbocycles. The Hall–Kier alpha value is -1.26. The topological polar surface area (TPSA) is 47.7 Å². The van der Waals surface area contributed by atoms with Gasteiger partial charge in [-0.05, 0) is 24.6 Å². The smallest absolute Gasteiger partial charge is 0.142 e. The molecule has 0 fully saturated rings. The molecule has 4 nitrogen and oxygen atoms in total. The van der Waals surface area contributed by atoms with Gasteiger partial charge >= 0.3 is 0 Å². The highest BCUT2D eigenvalue weighted by Gasteiger charge is 2.26. The van der Waals surface area contributed by atoms with Gasteiger partial charge in [0.25, 0.3) is 0 Å². The number of likely N-dealkylation sites (N-methyl/N-ethyl adjacent to an activating group) is 1. The Balaban J connectivity index is 2.41. The molecular formula is C13H20N2O2. The zero-order valence-electron chi connectivity index (χ0n) is 10.7. The van der Waals surface area contributed by atoms with Gasteiger partial charge in [0.15, 0.2) is 0 Å². The molecule has 0 aromatic heterocycles. The van der Waals surface area contributed by atoms with E-state index in [1.54, 1.807) is 7.11 Å². The summed E-state index contributed by atoms with van der Waals surface area (Å²) in [6.07, 6.45) is 0. The minimum atomic E-state index is -0.437. The van der Waals surface area contributed by atoms with Gasteiger partial charge in [0.1, 0.15) is 18.0 Å². The van der Waals surface area contributed by atoms with Crippen LogP contribution in [0.15, 0.2) is 18.2 Å². The lowest BCUT2D eigenvalue weighted by atomic mass is 9.95. The molecule has 1 aromatic rings. The fourth-order valence-electron chi connectivity index (χ4n) is 2.00. The van der Waals surface area contributed by atoms with Gasteiger partial charge in [-0.1, -0.05) is 6.07 Å². The number of benzene rings is 1. The molecule has 0 radical (unpaired) electrons. The Kier molecular flexibility index (Phi) is 3.26. The zero-order valence-corrected chi connectivity index (χ0v) is 10.7. The lowest BCUT2D eigenvalue weighted by Crippen LogP contribution is -2.34. The second-order valence-corrected chi connectivity index (χ2v) is 4.59. The van der Waals surface area contributed by atoms with E-state index in [2.05, 4.69) is 18.0 Å². The molecule has 0 amide bonds. The molecule has 17 heavy (non-hydrogen) atoms. The highest BCUT2D eigenvalue weighted by molar-refractivity contribution is 5.61. The normalized spacial score (nSPS) is 18.2. The molecule has 1 aliphatic heterocycles. The van der Waals surface area contributed by atoms with Crippen molar-refractivity contribution in [2.75, 3.05) is 38.8 Å². The molecule has 2 rings (SSSR count). The molecule has 4 heteroatoms. The van der Waals surface area contributed by atoms with Gasteiger partial charge in [-0.25, -0.2) is 0 Å². The molecule has 0 saturated carbocycles. The van der Waals surface area contributed by atoms with Crippen LogP contribution in [0, 0.1) is 0 Å². The van der Waals surface area contributed by atoms with E-state index in [0.29, 0.717) is 6.54 Å². The first kappa shape index (κ1) is 12.2. The van der Waals surface area contributed by atoms with Crippen LogP contribution in [0.2, 0.25) is 0 Å². The average Bonchev–Trinajstić information content (AvgIpc) is 2.38. The van der Waals surface area contributed by atoms with Gasteiger partial charge in [0.2, 0.25) is 0 Å². The van der Waals surface area contributed by atoms with E-state index < -0.39 is 5.60 Å².